The van der Waals surface area contributed by atoms with Crippen LogP contribution in [0.5, 0.6) is 5.75 Å². The second-order valence-electron chi connectivity index (χ2n) is 4.99. The average molecular weight is 288 g/mol. The van der Waals surface area contributed by atoms with Crippen LogP contribution in [-0.4, -0.2) is 42.4 Å². The molecule has 1 aromatic carbocycles. The van der Waals surface area contributed by atoms with Gasteiger partial charge in [-0.05, 0) is 25.5 Å². The lowest BCUT2D eigenvalue weighted by atomic mass is 10.1. The highest BCUT2D eigenvalue weighted by Gasteiger charge is 2.24. The number of aromatic hydroxyl groups is 1. The molecule has 5 heteroatoms. The molecular weight excluding hydrogens is 268 g/mol. The molecule has 2 rings (SSSR count). The van der Waals surface area contributed by atoms with E-state index in [1.807, 2.05) is 25.9 Å². The normalized spacial score (nSPS) is 14.0. The summed E-state index contributed by atoms with van der Waals surface area (Å²) in [4.78, 5) is 18.6. The number of hydrogen-bond acceptors (Lipinski definition) is 5. The predicted molar refractivity (Wildman–Crippen MR) is 82.9 cm³/mol. The summed E-state index contributed by atoms with van der Waals surface area (Å²) in [6.45, 7) is 4.02. The molecule has 0 spiro atoms. The van der Waals surface area contributed by atoms with Gasteiger partial charge in [-0.15, -0.1) is 0 Å². The Balaban J connectivity index is 2.85. The van der Waals surface area contributed by atoms with Crippen LogP contribution in [0, 0.1) is 0 Å². The number of rotatable bonds is 4. The number of carbonyl (C=O) groups excluding carboxylic acids is 1. The van der Waals surface area contributed by atoms with E-state index in [1.54, 1.807) is 25.3 Å². The van der Waals surface area contributed by atoms with Crippen molar-refractivity contribution in [3.8, 4) is 5.75 Å². The Morgan fingerprint density at radius 1 is 1.38 bits per heavy atom. The van der Waals surface area contributed by atoms with Crippen molar-refractivity contribution in [2.75, 3.05) is 20.7 Å². The topological polar surface area (TPSA) is 62.1 Å². The van der Waals surface area contributed by atoms with Crippen LogP contribution in [0.1, 0.15) is 20.3 Å². The molecule has 5 nitrogen and oxygen atoms in total. The highest BCUT2D eigenvalue weighted by atomic mass is 16.5. The van der Waals surface area contributed by atoms with E-state index in [-0.39, 0.29) is 5.75 Å². The van der Waals surface area contributed by atoms with Crippen molar-refractivity contribution in [1.29, 1.82) is 0 Å². The molecule has 1 aliphatic rings. The van der Waals surface area contributed by atoms with Crippen LogP contribution in [0.2, 0.25) is 0 Å². The van der Waals surface area contributed by atoms with Crippen molar-refractivity contribution in [2.45, 2.75) is 20.3 Å². The zero-order valence-electron chi connectivity index (χ0n) is 12.8. The molecule has 0 fully saturated rings. The highest BCUT2D eigenvalue weighted by molar-refractivity contribution is 6.42. The SMILES string of the molecule is CCOC(=O)C1=c2c(ccc(O)/c2=C/N(C)C)N=C1CC. The third kappa shape index (κ3) is 2.77. The second kappa shape index (κ2) is 5.99. The summed E-state index contributed by atoms with van der Waals surface area (Å²) in [6, 6.07) is 3.32. The molecule has 0 saturated carbocycles. The summed E-state index contributed by atoms with van der Waals surface area (Å²) in [5.74, 6) is -0.271. The van der Waals surface area contributed by atoms with Crippen LogP contribution in [0.3, 0.4) is 0 Å². The number of phenols is 1. The van der Waals surface area contributed by atoms with Gasteiger partial charge in [0, 0.05) is 30.7 Å². The van der Waals surface area contributed by atoms with E-state index < -0.39 is 5.97 Å². The van der Waals surface area contributed by atoms with E-state index in [9.17, 15) is 9.90 Å². The number of benzene rings is 1. The smallest absolute Gasteiger partial charge is 0.340 e. The maximum atomic E-state index is 12.3. The molecule has 112 valence electrons. The molecule has 0 aromatic heterocycles. The maximum Gasteiger partial charge on any atom is 0.340 e. The standard InChI is InChI=1S/C16H20N2O3/c1-5-11-15(16(20)21-6-2)14-10(9-18(3)4)13(19)8-7-12(14)17-11/h7-9,19H,5-6H2,1-4H3/b10-9-. The molecule has 0 saturated heterocycles. The number of hydrogen-bond donors (Lipinski definition) is 1. The minimum atomic E-state index is -0.393. The van der Waals surface area contributed by atoms with Crippen molar-refractivity contribution in [3.05, 3.63) is 22.6 Å². The summed E-state index contributed by atoms with van der Waals surface area (Å²) in [7, 11) is 3.72. The summed E-state index contributed by atoms with van der Waals surface area (Å²) in [5, 5.41) is 11.4. The van der Waals surface area contributed by atoms with Crippen molar-refractivity contribution < 1.29 is 14.6 Å². The summed E-state index contributed by atoms with van der Waals surface area (Å²) < 4.78 is 5.15. The Hall–Kier alpha value is -2.30. The number of phenolic OH excluding ortho intramolecular Hbond substituents is 1. The van der Waals surface area contributed by atoms with E-state index >= 15 is 0 Å². The summed E-state index contributed by atoms with van der Waals surface area (Å²) in [6.07, 6.45) is 2.41. The number of aliphatic imine (C=N–C) groups is 1. The van der Waals surface area contributed by atoms with E-state index in [1.165, 1.54) is 0 Å². The van der Waals surface area contributed by atoms with Crippen LogP contribution in [0.25, 0.3) is 11.8 Å². The third-order valence-corrected chi connectivity index (χ3v) is 3.20. The van der Waals surface area contributed by atoms with Gasteiger partial charge in [-0.25, -0.2) is 4.79 Å². The van der Waals surface area contributed by atoms with Gasteiger partial charge < -0.3 is 14.7 Å². The van der Waals surface area contributed by atoms with E-state index in [4.69, 9.17) is 4.74 Å². The minimum absolute atomic E-state index is 0.122. The molecule has 1 aliphatic heterocycles. The maximum absolute atomic E-state index is 12.3. The molecule has 0 atom stereocenters. The zero-order valence-corrected chi connectivity index (χ0v) is 12.8. The first-order valence-electron chi connectivity index (χ1n) is 6.99. The molecule has 0 aliphatic carbocycles. The van der Waals surface area contributed by atoms with Crippen molar-refractivity contribution >= 4 is 29.1 Å². The lowest BCUT2D eigenvalue weighted by molar-refractivity contribution is -0.135. The van der Waals surface area contributed by atoms with Gasteiger partial charge in [0.1, 0.15) is 5.75 Å². The fourth-order valence-electron chi connectivity index (χ4n) is 2.37. The fourth-order valence-corrected chi connectivity index (χ4v) is 2.37. The zero-order chi connectivity index (χ0) is 15.6. The Morgan fingerprint density at radius 3 is 2.67 bits per heavy atom. The number of fused-ring (bicyclic) bond motifs is 1. The highest BCUT2D eigenvalue weighted by Crippen LogP contribution is 2.20. The Labute approximate surface area is 123 Å². The largest absolute Gasteiger partial charge is 0.507 e. The van der Waals surface area contributed by atoms with Crippen molar-refractivity contribution in [1.82, 2.24) is 4.90 Å². The van der Waals surface area contributed by atoms with Gasteiger partial charge in [-0.1, -0.05) is 6.92 Å². The average Bonchev–Trinajstić information content (AvgIpc) is 2.80. The molecule has 0 radical (unpaired) electrons. The molecular formula is C16H20N2O3. The summed E-state index contributed by atoms with van der Waals surface area (Å²) in [5.41, 5.74) is 1.85. The molecule has 1 heterocycles. The number of nitrogens with zero attached hydrogens (tertiary/aromatic N) is 2. The van der Waals surface area contributed by atoms with E-state index in [0.717, 1.165) is 0 Å². The Morgan fingerprint density at radius 2 is 2.10 bits per heavy atom. The molecule has 1 aromatic rings. The van der Waals surface area contributed by atoms with Crippen molar-refractivity contribution in [3.63, 3.8) is 0 Å². The third-order valence-electron chi connectivity index (χ3n) is 3.20. The number of carbonyl (C=O) groups is 1. The van der Waals surface area contributed by atoms with Gasteiger partial charge in [0.15, 0.2) is 0 Å². The first kappa shape index (κ1) is 15.1. The fraction of sp³-hybridized carbons (Fsp3) is 0.375. The van der Waals surface area contributed by atoms with Crippen LogP contribution in [0.15, 0.2) is 17.1 Å². The quantitative estimate of drug-likeness (QED) is 0.836. The minimum Gasteiger partial charge on any atom is -0.507 e. The molecule has 0 amide bonds. The van der Waals surface area contributed by atoms with Crippen molar-refractivity contribution in [2.24, 2.45) is 4.99 Å². The summed E-state index contributed by atoms with van der Waals surface area (Å²) >= 11 is 0. The predicted octanol–water partition coefficient (Wildman–Crippen LogP) is 0.902. The van der Waals surface area contributed by atoms with Gasteiger partial charge in [0.05, 0.1) is 23.6 Å². The lowest BCUT2D eigenvalue weighted by Crippen LogP contribution is -2.32. The van der Waals surface area contributed by atoms with Crippen LogP contribution >= 0.6 is 0 Å². The van der Waals surface area contributed by atoms with Gasteiger partial charge in [0.2, 0.25) is 0 Å². The molecule has 0 bridgehead atoms. The molecule has 1 N–H and O–H groups in total. The number of esters is 1. The van der Waals surface area contributed by atoms with E-state index in [0.29, 0.717) is 40.4 Å². The van der Waals surface area contributed by atoms with Crippen LogP contribution in [-0.2, 0) is 9.53 Å². The van der Waals surface area contributed by atoms with Gasteiger partial charge in [-0.2, -0.15) is 0 Å². The molecule has 0 unspecified atom stereocenters. The van der Waals surface area contributed by atoms with Crippen LogP contribution < -0.4 is 10.4 Å². The first-order valence-corrected chi connectivity index (χ1v) is 6.99. The first-order chi connectivity index (χ1) is 9.99. The van der Waals surface area contributed by atoms with Gasteiger partial charge >= 0.3 is 5.97 Å². The molecule has 21 heavy (non-hydrogen) atoms. The Bertz CT molecular complexity index is 718. The lowest BCUT2D eigenvalue weighted by Gasteiger charge is -2.07. The monoisotopic (exact) mass is 288 g/mol. The number of ether oxygens (including phenoxy) is 1. The van der Waals surface area contributed by atoms with Gasteiger partial charge in [0.25, 0.3) is 0 Å². The second-order valence-corrected chi connectivity index (χ2v) is 4.99. The van der Waals surface area contributed by atoms with Gasteiger partial charge in [-0.3, -0.25) is 4.99 Å². The van der Waals surface area contributed by atoms with E-state index in [2.05, 4.69) is 4.99 Å². The van der Waals surface area contributed by atoms with Crippen LogP contribution in [0.4, 0.5) is 5.69 Å². The Kier molecular flexibility index (Phi) is 4.31.